The summed E-state index contributed by atoms with van der Waals surface area (Å²) in [5.41, 5.74) is 1.46. The highest BCUT2D eigenvalue weighted by Gasteiger charge is 2.12. The Balaban J connectivity index is 1.24. The van der Waals surface area contributed by atoms with E-state index in [1.54, 1.807) is 36.5 Å². The van der Waals surface area contributed by atoms with E-state index in [-0.39, 0.29) is 5.91 Å². The highest BCUT2D eigenvalue weighted by Crippen LogP contribution is 2.24. The van der Waals surface area contributed by atoms with E-state index in [9.17, 15) is 4.79 Å². The van der Waals surface area contributed by atoms with Crippen LogP contribution in [0.25, 0.3) is 16.0 Å². The third-order valence-electron chi connectivity index (χ3n) is 4.52. The van der Waals surface area contributed by atoms with Crippen molar-refractivity contribution in [2.45, 2.75) is 6.92 Å². The molecular formula is C22H16N6O2S. The zero-order valence-corrected chi connectivity index (χ0v) is 17.2. The fraction of sp³-hybridized carbons (Fsp3) is 0.0455. The second-order valence-electron chi connectivity index (χ2n) is 6.64. The second-order valence-corrected chi connectivity index (χ2v) is 7.67. The first-order valence-electron chi connectivity index (χ1n) is 9.45. The van der Waals surface area contributed by atoms with Crippen molar-refractivity contribution in [3.05, 3.63) is 83.9 Å². The van der Waals surface area contributed by atoms with E-state index in [1.165, 1.54) is 11.3 Å². The quantitative estimate of drug-likeness (QED) is 0.439. The number of nitrogens with zero attached hydrogens (tertiary/aromatic N) is 5. The number of hydrogen-bond donors (Lipinski definition) is 1. The summed E-state index contributed by atoms with van der Waals surface area (Å²) in [7, 11) is 0. The molecule has 8 nitrogen and oxygen atoms in total. The number of aryl methyl sites for hydroxylation is 1. The summed E-state index contributed by atoms with van der Waals surface area (Å²) >= 11 is 1.36. The predicted molar refractivity (Wildman–Crippen MR) is 118 cm³/mol. The zero-order chi connectivity index (χ0) is 21.2. The van der Waals surface area contributed by atoms with E-state index in [1.807, 2.05) is 48.0 Å². The summed E-state index contributed by atoms with van der Waals surface area (Å²) < 4.78 is 8.56. The molecule has 0 saturated carbocycles. The highest BCUT2D eigenvalue weighted by molar-refractivity contribution is 7.20. The number of anilines is 1. The molecule has 2 aromatic carbocycles. The number of amides is 1. The minimum absolute atomic E-state index is 0.244. The monoisotopic (exact) mass is 428 g/mol. The molecule has 31 heavy (non-hydrogen) atoms. The number of benzene rings is 2. The molecule has 0 aliphatic rings. The fourth-order valence-corrected chi connectivity index (χ4v) is 3.86. The lowest BCUT2D eigenvalue weighted by atomic mass is 10.3. The number of thiazole rings is 1. The van der Waals surface area contributed by atoms with Crippen LogP contribution in [-0.4, -0.2) is 30.6 Å². The van der Waals surface area contributed by atoms with Gasteiger partial charge in [0.2, 0.25) is 5.88 Å². The number of rotatable bonds is 5. The van der Waals surface area contributed by atoms with E-state index < -0.39 is 0 Å². The Labute approximate surface area is 181 Å². The van der Waals surface area contributed by atoms with Crippen molar-refractivity contribution in [1.29, 1.82) is 0 Å². The Kier molecular flexibility index (Phi) is 4.85. The largest absolute Gasteiger partial charge is 0.438 e. The standard InChI is InChI=1S/C22H16N6O2S/c1-14-23-12-13-28(14)19-10-11-20(27-26-19)30-16-8-6-15(7-9-16)24-21(29)22-25-17-4-2-3-5-18(17)31-22/h2-13H,1H3,(H,24,29). The SMILES string of the molecule is Cc1nccn1-c1ccc(Oc2ccc(NC(=O)c3nc4ccccc4s3)cc2)nn1. The van der Waals surface area contributed by atoms with Gasteiger partial charge in [0.15, 0.2) is 10.8 Å². The molecule has 3 aromatic heterocycles. The van der Waals surface area contributed by atoms with Crippen molar-refractivity contribution in [2.24, 2.45) is 0 Å². The third kappa shape index (κ3) is 3.99. The first-order chi connectivity index (χ1) is 15.2. The van der Waals surface area contributed by atoms with Crippen LogP contribution in [0.1, 0.15) is 15.6 Å². The molecule has 9 heteroatoms. The first kappa shape index (κ1) is 18.9. The lowest BCUT2D eigenvalue weighted by Crippen LogP contribution is -2.11. The lowest BCUT2D eigenvalue weighted by Gasteiger charge is -2.07. The Bertz CT molecular complexity index is 1330. The van der Waals surface area contributed by atoms with Crippen LogP contribution in [0.3, 0.4) is 0 Å². The normalized spacial score (nSPS) is 10.9. The topological polar surface area (TPSA) is 94.8 Å². The maximum Gasteiger partial charge on any atom is 0.284 e. The van der Waals surface area contributed by atoms with Crippen molar-refractivity contribution in [3.63, 3.8) is 0 Å². The molecule has 1 N–H and O–H groups in total. The van der Waals surface area contributed by atoms with Gasteiger partial charge in [0, 0.05) is 24.1 Å². The molecule has 1 amide bonds. The molecule has 0 saturated heterocycles. The van der Waals surface area contributed by atoms with Gasteiger partial charge in [-0.05, 0) is 49.4 Å². The van der Waals surface area contributed by atoms with Crippen LogP contribution in [0.5, 0.6) is 11.6 Å². The maximum absolute atomic E-state index is 12.5. The van der Waals surface area contributed by atoms with Crippen molar-refractivity contribution in [2.75, 3.05) is 5.32 Å². The number of nitrogens with one attached hydrogen (secondary N) is 1. The number of carbonyl (C=O) groups is 1. The van der Waals surface area contributed by atoms with E-state index >= 15 is 0 Å². The minimum Gasteiger partial charge on any atom is -0.438 e. The molecule has 0 radical (unpaired) electrons. The van der Waals surface area contributed by atoms with E-state index in [4.69, 9.17) is 4.74 Å². The van der Waals surface area contributed by atoms with Gasteiger partial charge in [0.1, 0.15) is 11.6 Å². The number of imidazole rings is 1. The smallest absolute Gasteiger partial charge is 0.284 e. The van der Waals surface area contributed by atoms with Crippen LogP contribution >= 0.6 is 11.3 Å². The zero-order valence-electron chi connectivity index (χ0n) is 16.4. The summed E-state index contributed by atoms with van der Waals surface area (Å²) in [6, 6.07) is 18.2. The molecule has 0 fully saturated rings. The second kappa shape index (κ2) is 7.96. The number of hydrogen-bond acceptors (Lipinski definition) is 7. The maximum atomic E-state index is 12.5. The lowest BCUT2D eigenvalue weighted by molar-refractivity contribution is 0.102. The number of aromatic nitrogens is 5. The molecule has 5 aromatic rings. The van der Waals surface area contributed by atoms with Gasteiger partial charge in [0.25, 0.3) is 5.91 Å². The van der Waals surface area contributed by atoms with Gasteiger partial charge in [-0.2, -0.15) is 0 Å². The molecule has 152 valence electrons. The molecule has 0 spiro atoms. The summed E-state index contributed by atoms with van der Waals surface area (Å²) in [6.45, 7) is 1.89. The predicted octanol–water partition coefficient (Wildman–Crippen LogP) is 4.63. The van der Waals surface area contributed by atoms with Crippen LogP contribution in [0.15, 0.2) is 73.1 Å². The van der Waals surface area contributed by atoms with Gasteiger partial charge >= 0.3 is 0 Å². The Morgan fingerprint density at radius 3 is 2.58 bits per heavy atom. The van der Waals surface area contributed by atoms with Crippen molar-refractivity contribution < 1.29 is 9.53 Å². The van der Waals surface area contributed by atoms with E-state index in [0.717, 1.165) is 16.0 Å². The molecule has 0 aliphatic carbocycles. The fourth-order valence-electron chi connectivity index (χ4n) is 3.00. The van der Waals surface area contributed by atoms with E-state index in [2.05, 4.69) is 25.5 Å². The van der Waals surface area contributed by atoms with Crippen LogP contribution in [0.4, 0.5) is 5.69 Å². The Morgan fingerprint density at radius 2 is 1.87 bits per heavy atom. The highest BCUT2D eigenvalue weighted by atomic mass is 32.1. The van der Waals surface area contributed by atoms with Crippen LogP contribution in [-0.2, 0) is 0 Å². The number of fused-ring (bicyclic) bond motifs is 1. The molecule has 3 heterocycles. The average Bonchev–Trinajstić information content (AvgIpc) is 3.42. The first-order valence-corrected chi connectivity index (χ1v) is 10.3. The summed E-state index contributed by atoms with van der Waals surface area (Å²) in [5, 5.41) is 11.6. The van der Waals surface area contributed by atoms with Crippen LogP contribution < -0.4 is 10.1 Å². The molecule has 0 bridgehead atoms. The molecule has 5 rings (SSSR count). The molecule has 0 atom stereocenters. The number of para-hydroxylation sites is 1. The Morgan fingerprint density at radius 1 is 1.03 bits per heavy atom. The van der Waals surface area contributed by atoms with E-state index in [0.29, 0.717) is 28.1 Å². The van der Waals surface area contributed by atoms with Crippen LogP contribution in [0.2, 0.25) is 0 Å². The third-order valence-corrected chi connectivity index (χ3v) is 5.56. The van der Waals surface area contributed by atoms with Gasteiger partial charge in [-0.15, -0.1) is 21.5 Å². The molecule has 0 aliphatic heterocycles. The van der Waals surface area contributed by atoms with Crippen molar-refractivity contribution >= 4 is 33.1 Å². The summed E-state index contributed by atoms with van der Waals surface area (Å²) in [5.74, 6) is 2.19. The van der Waals surface area contributed by atoms with Gasteiger partial charge < -0.3 is 10.1 Å². The van der Waals surface area contributed by atoms with Gasteiger partial charge in [-0.1, -0.05) is 12.1 Å². The van der Waals surface area contributed by atoms with Crippen LogP contribution in [0, 0.1) is 6.92 Å². The van der Waals surface area contributed by atoms with Crippen molar-refractivity contribution in [1.82, 2.24) is 24.7 Å². The van der Waals surface area contributed by atoms with Gasteiger partial charge in [-0.3, -0.25) is 9.36 Å². The van der Waals surface area contributed by atoms with Gasteiger partial charge in [-0.25, -0.2) is 9.97 Å². The minimum atomic E-state index is -0.244. The van der Waals surface area contributed by atoms with Gasteiger partial charge in [0.05, 0.1) is 10.2 Å². The average molecular weight is 428 g/mol. The Hall–Kier alpha value is -4.11. The summed E-state index contributed by atoms with van der Waals surface area (Å²) in [4.78, 5) is 21.0. The molecular weight excluding hydrogens is 412 g/mol. The van der Waals surface area contributed by atoms with Crippen molar-refractivity contribution in [3.8, 4) is 17.4 Å². The summed E-state index contributed by atoms with van der Waals surface area (Å²) in [6.07, 6.45) is 3.53. The number of carbonyl (C=O) groups excluding carboxylic acids is 1. The number of ether oxygens (including phenoxy) is 1. The molecule has 0 unspecified atom stereocenters.